The number of anilines is 3. The molecule has 0 radical (unpaired) electrons. The standard InChI is InChI=1S/C11H11N7S/c1-12-9-7(5-15-18-9)8-6-19-11(16-8)17-10-13-3-2-4-14-10/h2-6H,1H3,(H2,12,15,18)(H,13,14,16,17). The van der Waals surface area contributed by atoms with E-state index in [1.807, 2.05) is 18.6 Å². The Labute approximate surface area is 113 Å². The highest BCUT2D eigenvalue weighted by Gasteiger charge is 2.11. The number of aromatic nitrogens is 5. The second kappa shape index (κ2) is 5.02. The molecule has 8 heteroatoms. The molecule has 0 spiro atoms. The molecular formula is C11H11N7S. The van der Waals surface area contributed by atoms with Crippen molar-refractivity contribution in [2.75, 3.05) is 17.7 Å². The lowest BCUT2D eigenvalue weighted by molar-refractivity contribution is 1.09. The van der Waals surface area contributed by atoms with Crippen molar-refractivity contribution < 1.29 is 0 Å². The first kappa shape index (κ1) is 11.6. The minimum Gasteiger partial charge on any atom is -0.371 e. The van der Waals surface area contributed by atoms with Gasteiger partial charge in [0.25, 0.3) is 0 Å². The maximum atomic E-state index is 4.48. The molecule has 0 unspecified atom stereocenters. The van der Waals surface area contributed by atoms with Crippen LogP contribution in [0.2, 0.25) is 0 Å². The van der Waals surface area contributed by atoms with Gasteiger partial charge in [-0.3, -0.25) is 5.10 Å². The molecule has 19 heavy (non-hydrogen) atoms. The van der Waals surface area contributed by atoms with E-state index >= 15 is 0 Å². The number of thiazole rings is 1. The summed E-state index contributed by atoms with van der Waals surface area (Å²) in [5.74, 6) is 1.30. The lowest BCUT2D eigenvalue weighted by atomic mass is 10.2. The van der Waals surface area contributed by atoms with E-state index in [9.17, 15) is 0 Å². The average Bonchev–Trinajstić information content (AvgIpc) is 3.07. The minimum atomic E-state index is 0.532. The summed E-state index contributed by atoms with van der Waals surface area (Å²) < 4.78 is 0. The smallest absolute Gasteiger partial charge is 0.228 e. The summed E-state index contributed by atoms with van der Waals surface area (Å²) in [6, 6.07) is 1.77. The van der Waals surface area contributed by atoms with Gasteiger partial charge in [0.05, 0.1) is 11.3 Å². The Hall–Kier alpha value is -2.48. The third-order valence-corrected chi connectivity index (χ3v) is 3.20. The van der Waals surface area contributed by atoms with Crippen LogP contribution in [0.1, 0.15) is 0 Å². The summed E-state index contributed by atoms with van der Waals surface area (Å²) in [6.07, 6.45) is 5.17. The van der Waals surface area contributed by atoms with Gasteiger partial charge in [-0.15, -0.1) is 11.3 Å². The predicted molar refractivity (Wildman–Crippen MR) is 74.6 cm³/mol. The molecule has 0 saturated carbocycles. The minimum absolute atomic E-state index is 0.532. The fourth-order valence-electron chi connectivity index (χ4n) is 1.59. The Bertz CT molecular complexity index is 661. The molecule has 0 saturated heterocycles. The Balaban J connectivity index is 1.84. The van der Waals surface area contributed by atoms with E-state index < -0.39 is 0 Å². The van der Waals surface area contributed by atoms with Crippen LogP contribution in [0.25, 0.3) is 11.3 Å². The number of hydrogen-bond donors (Lipinski definition) is 3. The molecule has 3 aromatic heterocycles. The molecule has 0 bridgehead atoms. The average molecular weight is 273 g/mol. The first-order chi connectivity index (χ1) is 9.36. The zero-order chi connectivity index (χ0) is 13.1. The predicted octanol–water partition coefficient (Wildman–Crippen LogP) is 2.11. The number of H-pyrrole nitrogens is 1. The Morgan fingerprint density at radius 2 is 2.11 bits per heavy atom. The zero-order valence-corrected chi connectivity index (χ0v) is 10.9. The van der Waals surface area contributed by atoms with E-state index in [0.717, 1.165) is 22.2 Å². The molecule has 0 aliphatic heterocycles. The van der Waals surface area contributed by atoms with E-state index in [4.69, 9.17) is 0 Å². The van der Waals surface area contributed by atoms with E-state index in [-0.39, 0.29) is 0 Å². The van der Waals surface area contributed by atoms with Crippen molar-refractivity contribution in [2.24, 2.45) is 0 Å². The van der Waals surface area contributed by atoms with Gasteiger partial charge in [0.15, 0.2) is 10.9 Å². The lowest BCUT2D eigenvalue weighted by Gasteiger charge is -1.99. The second-order valence-electron chi connectivity index (χ2n) is 3.63. The van der Waals surface area contributed by atoms with Crippen LogP contribution in [0.4, 0.5) is 16.9 Å². The SMILES string of the molecule is CNc1n[nH]cc1-c1csc(Nc2ncccn2)n1. The van der Waals surface area contributed by atoms with Gasteiger partial charge in [0.1, 0.15) is 0 Å². The fourth-order valence-corrected chi connectivity index (χ4v) is 2.29. The maximum absolute atomic E-state index is 4.48. The van der Waals surface area contributed by atoms with E-state index in [1.165, 1.54) is 11.3 Å². The maximum Gasteiger partial charge on any atom is 0.228 e. The molecule has 3 heterocycles. The van der Waals surface area contributed by atoms with Crippen LogP contribution in [-0.2, 0) is 0 Å². The first-order valence-corrected chi connectivity index (χ1v) is 6.46. The summed E-state index contributed by atoms with van der Waals surface area (Å²) in [5, 5.41) is 15.7. The number of hydrogen-bond acceptors (Lipinski definition) is 7. The van der Waals surface area contributed by atoms with Crippen molar-refractivity contribution in [3.63, 3.8) is 0 Å². The van der Waals surface area contributed by atoms with Crippen molar-refractivity contribution in [1.82, 2.24) is 25.1 Å². The van der Waals surface area contributed by atoms with Gasteiger partial charge in [0, 0.05) is 31.0 Å². The normalized spacial score (nSPS) is 10.4. The molecule has 7 nitrogen and oxygen atoms in total. The van der Waals surface area contributed by atoms with Crippen LogP contribution in [0.15, 0.2) is 30.0 Å². The summed E-state index contributed by atoms with van der Waals surface area (Å²) >= 11 is 1.49. The molecule has 0 aliphatic carbocycles. The van der Waals surface area contributed by atoms with Gasteiger partial charge in [-0.2, -0.15) is 5.10 Å². The molecular weight excluding hydrogens is 262 g/mol. The van der Waals surface area contributed by atoms with Crippen molar-refractivity contribution in [3.8, 4) is 11.3 Å². The van der Waals surface area contributed by atoms with Gasteiger partial charge in [-0.25, -0.2) is 15.0 Å². The van der Waals surface area contributed by atoms with Crippen LogP contribution in [-0.4, -0.2) is 32.2 Å². The van der Waals surface area contributed by atoms with E-state index in [1.54, 1.807) is 18.5 Å². The van der Waals surface area contributed by atoms with E-state index in [0.29, 0.717) is 5.95 Å². The van der Waals surface area contributed by atoms with Gasteiger partial charge < -0.3 is 10.6 Å². The Morgan fingerprint density at radius 1 is 1.26 bits per heavy atom. The fraction of sp³-hybridized carbons (Fsp3) is 0.0909. The third-order valence-electron chi connectivity index (χ3n) is 2.44. The highest BCUT2D eigenvalue weighted by molar-refractivity contribution is 7.14. The summed E-state index contributed by atoms with van der Waals surface area (Å²) in [6.45, 7) is 0. The summed E-state index contributed by atoms with van der Waals surface area (Å²) in [7, 11) is 1.82. The topological polar surface area (TPSA) is 91.4 Å². The van der Waals surface area contributed by atoms with Crippen LogP contribution in [0, 0.1) is 0 Å². The highest BCUT2D eigenvalue weighted by atomic mass is 32.1. The molecule has 3 rings (SSSR count). The quantitative estimate of drug-likeness (QED) is 0.674. The zero-order valence-electron chi connectivity index (χ0n) is 10.1. The summed E-state index contributed by atoms with van der Waals surface area (Å²) in [5.41, 5.74) is 1.78. The van der Waals surface area contributed by atoms with Crippen molar-refractivity contribution in [1.29, 1.82) is 0 Å². The first-order valence-electron chi connectivity index (χ1n) is 5.58. The molecule has 0 amide bonds. The van der Waals surface area contributed by atoms with Gasteiger partial charge in [0.2, 0.25) is 5.95 Å². The molecule has 0 aliphatic rings. The third kappa shape index (κ3) is 2.38. The second-order valence-corrected chi connectivity index (χ2v) is 4.49. The molecule has 0 fully saturated rings. The molecule has 0 aromatic carbocycles. The summed E-state index contributed by atoms with van der Waals surface area (Å²) in [4.78, 5) is 12.7. The lowest BCUT2D eigenvalue weighted by Crippen LogP contribution is -1.95. The van der Waals surface area contributed by atoms with Gasteiger partial charge in [-0.05, 0) is 6.07 Å². The molecule has 96 valence electrons. The van der Waals surface area contributed by atoms with Crippen LogP contribution >= 0.6 is 11.3 Å². The van der Waals surface area contributed by atoms with E-state index in [2.05, 4.69) is 35.8 Å². The van der Waals surface area contributed by atoms with Crippen molar-refractivity contribution in [3.05, 3.63) is 30.0 Å². The number of aromatic amines is 1. The van der Waals surface area contributed by atoms with Crippen molar-refractivity contribution >= 4 is 28.2 Å². The van der Waals surface area contributed by atoms with Crippen LogP contribution in [0.3, 0.4) is 0 Å². The number of nitrogens with zero attached hydrogens (tertiary/aromatic N) is 4. The van der Waals surface area contributed by atoms with Crippen LogP contribution in [0.5, 0.6) is 0 Å². The van der Waals surface area contributed by atoms with Crippen molar-refractivity contribution in [2.45, 2.75) is 0 Å². The Morgan fingerprint density at radius 3 is 2.89 bits per heavy atom. The van der Waals surface area contributed by atoms with Crippen LogP contribution < -0.4 is 10.6 Å². The largest absolute Gasteiger partial charge is 0.371 e. The number of rotatable bonds is 4. The van der Waals surface area contributed by atoms with Gasteiger partial charge in [-0.1, -0.05) is 0 Å². The molecule has 3 aromatic rings. The molecule has 0 atom stereocenters. The number of nitrogens with one attached hydrogen (secondary N) is 3. The van der Waals surface area contributed by atoms with Gasteiger partial charge >= 0.3 is 0 Å². The highest BCUT2D eigenvalue weighted by Crippen LogP contribution is 2.29. The monoisotopic (exact) mass is 273 g/mol. The Kier molecular flexibility index (Phi) is 3.07. The molecule has 3 N–H and O–H groups in total.